The van der Waals surface area contributed by atoms with Gasteiger partial charge in [-0.2, -0.15) is 0 Å². The molecule has 0 atom stereocenters. The Morgan fingerprint density at radius 3 is 1.60 bits per heavy atom. The van der Waals surface area contributed by atoms with Gasteiger partial charge in [-0.15, -0.1) is 0 Å². The van der Waals surface area contributed by atoms with Gasteiger partial charge in [-0.3, -0.25) is 0 Å². The van der Waals surface area contributed by atoms with Crippen LogP contribution in [0.2, 0.25) is 0 Å². The van der Waals surface area contributed by atoms with Gasteiger partial charge in [-0.05, 0) is 64.4 Å². The summed E-state index contributed by atoms with van der Waals surface area (Å²) in [6.45, 7) is 0. The van der Waals surface area contributed by atoms with Crippen LogP contribution in [0, 0.1) is 0 Å². The maximum atomic E-state index is 6.13. The summed E-state index contributed by atoms with van der Waals surface area (Å²) in [5, 5.41) is 2.30. The maximum absolute atomic E-state index is 6.13. The van der Waals surface area contributed by atoms with E-state index in [9.17, 15) is 0 Å². The highest BCUT2D eigenvalue weighted by molar-refractivity contribution is 5.92. The smallest absolute Gasteiger partial charge is 0.227 e. The first kappa shape index (κ1) is 24.9. The number of benzene rings is 6. The fourth-order valence-electron chi connectivity index (χ4n) is 5.46. The summed E-state index contributed by atoms with van der Waals surface area (Å²) in [5.41, 5.74) is 9.71. The molecule has 4 heteroatoms. The topological polar surface area (TPSA) is 51.8 Å². The quantitative estimate of drug-likeness (QED) is 0.214. The molecule has 8 rings (SSSR count). The normalized spacial score (nSPS) is 11.3. The van der Waals surface area contributed by atoms with Crippen molar-refractivity contribution in [3.05, 3.63) is 152 Å². The lowest BCUT2D eigenvalue weighted by Crippen LogP contribution is -1.95. The van der Waals surface area contributed by atoms with E-state index in [1.54, 1.807) is 0 Å². The van der Waals surface area contributed by atoms with E-state index in [1.807, 2.05) is 72.8 Å². The third-order valence-corrected chi connectivity index (χ3v) is 7.71. The van der Waals surface area contributed by atoms with Crippen LogP contribution in [0.1, 0.15) is 0 Å². The van der Waals surface area contributed by atoms with Crippen LogP contribution in [-0.2, 0) is 0 Å². The van der Waals surface area contributed by atoms with E-state index in [0.717, 1.165) is 66.6 Å². The second-order valence-electron chi connectivity index (χ2n) is 10.5. The Labute approximate surface area is 249 Å². The van der Waals surface area contributed by atoms with E-state index in [2.05, 4.69) is 83.8 Å². The van der Waals surface area contributed by atoms with Gasteiger partial charge in [0.25, 0.3) is 0 Å². The molecule has 0 bridgehead atoms. The Kier molecular flexibility index (Phi) is 6.08. The highest BCUT2D eigenvalue weighted by Gasteiger charge is 2.12. The van der Waals surface area contributed by atoms with Crippen molar-refractivity contribution in [1.82, 2.24) is 15.0 Å². The van der Waals surface area contributed by atoms with Crippen molar-refractivity contribution >= 4 is 21.9 Å². The summed E-state index contributed by atoms with van der Waals surface area (Å²) in [6, 6.07) is 51.7. The molecule has 0 saturated heterocycles. The predicted molar refractivity (Wildman–Crippen MR) is 174 cm³/mol. The van der Waals surface area contributed by atoms with Crippen LogP contribution < -0.4 is 0 Å². The largest absolute Gasteiger partial charge is 0.436 e. The molecular weight excluding hydrogens is 526 g/mol. The number of fused-ring (bicyclic) bond motifs is 2. The van der Waals surface area contributed by atoms with Crippen molar-refractivity contribution in [3.8, 4) is 56.5 Å². The average Bonchev–Trinajstić information content (AvgIpc) is 3.53. The maximum Gasteiger partial charge on any atom is 0.227 e. The SMILES string of the molecule is c1ccc(-c2cc(-c3ccc4cc(-c5ccc6nc(-c7ccccc7)oc6c5)ccc4c3)nc(-c3ccccc3)n2)cc1. The van der Waals surface area contributed by atoms with E-state index in [0.29, 0.717) is 11.7 Å². The Morgan fingerprint density at radius 1 is 0.372 bits per heavy atom. The lowest BCUT2D eigenvalue weighted by molar-refractivity contribution is 0.620. The molecule has 0 saturated carbocycles. The number of rotatable bonds is 5. The zero-order valence-corrected chi connectivity index (χ0v) is 23.2. The van der Waals surface area contributed by atoms with Crippen molar-refractivity contribution < 1.29 is 4.42 Å². The summed E-state index contributed by atoms with van der Waals surface area (Å²) in [4.78, 5) is 14.6. The Hall–Kier alpha value is -5.87. The molecule has 0 amide bonds. The van der Waals surface area contributed by atoms with Gasteiger partial charge in [0.1, 0.15) is 5.52 Å². The van der Waals surface area contributed by atoms with Crippen molar-refractivity contribution in [2.75, 3.05) is 0 Å². The first-order valence-corrected chi connectivity index (χ1v) is 14.3. The van der Waals surface area contributed by atoms with Crippen LogP contribution in [0.15, 0.2) is 156 Å². The van der Waals surface area contributed by atoms with Crippen molar-refractivity contribution in [2.24, 2.45) is 0 Å². The van der Waals surface area contributed by atoms with Gasteiger partial charge in [0.2, 0.25) is 5.89 Å². The molecule has 0 radical (unpaired) electrons. The van der Waals surface area contributed by atoms with Gasteiger partial charge >= 0.3 is 0 Å². The minimum atomic E-state index is 0.634. The van der Waals surface area contributed by atoms with Crippen molar-refractivity contribution in [3.63, 3.8) is 0 Å². The van der Waals surface area contributed by atoms with Gasteiger partial charge in [0.15, 0.2) is 11.4 Å². The van der Waals surface area contributed by atoms with Crippen molar-refractivity contribution in [2.45, 2.75) is 0 Å². The van der Waals surface area contributed by atoms with Crippen LogP contribution in [0.4, 0.5) is 0 Å². The molecule has 0 aliphatic heterocycles. The number of oxazole rings is 1. The number of hydrogen-bond donors (Lipinski definition) is 0. The molecule has 6 aromatic carbocycles. The molecule has 202 valence electrons. The summed E-state index contributed by atoms with van der Waals surface area (Å²) in [7, 11) is 0. The lowest BCUT2D eigenvalue weighted by Gasteiger charge is -2.10. The van der Waals surface area contributed by atoms with Crippen LogP contribution >= 0.6 is 0 Å². The van der Waals surface area contributed by atoms with Gasteiger partial charge in [0, 0.05) is 22.3 Å². The second kappa shape index (κ2) is 10.5. The molecule has 2 heterocycles. The van der Waals surface area contributed by atoms with E-state index in [4.69, 9.17) is 14.4 Å². The molecule has 0 aliphatic carbocycles. The van der Waals surface area contributed by atoms with E-state index in [1.165, 1.54) is 0 Å². The molecule has 2 aromatic heterocycles. The fourth-order valence-corrected chi connectivity index (χ4v) is 5.46. The minimum Gasteiger partial charge on any atom is -0.436 e. The van der Waals surface area contributed by atoms with Gasteiger partial charge < -0.3 is 4.42 Å². The zero-order chi connectivity index (χ0) is 28.6. The molecule has 4 nitrogen and oxygen atoms in total. The van der Waals surface area contributed by atoms with E-state index in [-0.39, 0.29) is 0 Å². The number of hydrogen-bond acceptors (Lipinski definition) is 4. The zero-order valence-electron chi connectivity index (χ0n) is 23.2. The van der Waals surface area contributed by atoms with Crippen LogP contribution in [-0.4, -0.2) is 15.0 Å². The standard InChI is InChI=1S/C39H25N3O/c1-4-10-26(11-5-1)35-25-36(41-38(40-35)27-12-6-2-7-13-27)33-19-18-29-22-30(16-17-31(29)23-33)32-20-21-34-37(24-32)43-39(42-34)28-14-8-3-9-15-28/h1-25H. The monoisotopic (exact) mass is 551 g/mol. The predicted octanol–water partition coefficient (Wildman–Crippen LogP) is 10.1. The molecule has 0 spiro atoms. The molecule has 8 aromatic rings. The summed E-state index contributed by atoms with van der Waals surface area (Å²) < 4.78 is 6.13. The first-order valence-electron chi connectivity index (χ1n) is 14.3. The Balaban J connectivity index is 1.16. The van der Waals surface area contributed by atoms with Gasteiger partial charge in [-0.1, -0.05) is 109 Å². The molecular formula is C39H25N3O. The molecule has 0 fully saturated rings. The third kappa shape index (κ3) is 4.85. The third-order valence-electron chi connectivity index (χ3n) is 7.71. The summed E-state index contributed by atoms with van der Waals surface area (Å²) >= 11 is 0. The van der Waals surface area contributed by atoms with E-state index < -0.39 is 0 Å². The average molecular weight is 552 g/mol. The number of nitrogens with zero attached hydrogens (tertiary/aromatic N) is 3. The molecule has 43 heavy (non-hydrogen) atoms. The van der Waals surface area contributed by atoms with Crippen LogP contribution in [0.25, 0.3) is 78.4 Å². The van der Waals surface area contributed by atoms with Crippen LogP contribution in [0.5, 0.6) is 0 Å². The minimum absolute atomic E-state index is 0.634. The first-order chi connectivity index (χ1) is 21.3. The second-order valence-corrected chi connectivity index (χ2v) is 10.5. The lowest BCUT2D eigenvalue weighted by atomic mass is 9.98. The van der Waals surface area contributed by atoms with Crippen LogP contribution in [0.3, 0.4) is 0 Å². The van der Waals surface area contributed by atoms with Gasteiger partial charge in [-0.25, -0.2) is 15.0 Å². The summed E-state index contributed by atoms with van der Waals surface area (Å²) in [5.74, 6) is 1.35. The highest BCUT2D eigenvalue weighted by Crippen LogP contribution is 2.33. The molecule has 0 N–H and O–H groups in total. The van der Waals surface area contributed by atoms with Gasteiger partial charge in [0.05, 0.1) is 11.4 Å². The van der Waals surface area contributed by atoms with Crippen molar-refractivity contribution in [1.29, 1.82) is 0 Å². The highest BCUT2D eigenvalue weighted by atomic mass is 16.3. The fraction of sp³-hybridized carbons (Fsp3) is 0. The Bertz CT molecular complexity index is 2170. The Morgan fingerprint density at radius 2 is 0.907 bits per heavy atom. The molecule has 0 aliphatic rings. The molecule has 0 unspecified atom stereocenters. The van der Waals surface area contributed by atoms with E-state index >= 15 is 0 Å². The number of aromatic nitrogens is 3. The summed E-state index contributed by atoms with van der Waals surface area (Å²) in [6.07, 6.45) is 0.